The van der Waals surface area contributed by atoms with Crippen molar-refractivity contribution in [2.45, 2.75) is 26.3 Å². The van der Waals surface area contributed by atoms with Gasteiger partial charge in [-0.2, -0.15) is 0 Å². The fourth-order valence-electron chi connectivity index (χ4n) is 2.02. The number of benzene rings is 1. The van der Waals surface area contributed by atoms with Crippen LogP contribution >= 0.6 is 15.9 Å². The van der Waals surface area contributed by atoms with Gasteiger partial charge in [0.1, 0.15) is 5.82 Å². The molecule has 1 aromatic rings. The molecule has 2 rings (SSSR count). The molecule has 0 atom stereocenters. The Labute approximate surface area is 113 Å². The maximum absolute atomic E-state index is 13.7. The third kappa shape index (κ3) is 2.77. The molecule has 1 saturated heterocycles. The number of carbonyl (C=O) groups excluding carboxylic acids is 2. The van der Waals surface area contributed by atoms with Crippen molar-refractivity contribution in [1.29, 1.82) is 0 Å². The van der Waals surface area contributed by atoms with E-state index in [0.29, 0.717) is 22.9 Å². The smallest absolute Gasteiger partial charge is 0.229 e. The number of hydrogen-bond donors (Lipinski definition) is 0. The first-order valence-corrected chi connectivity index (χ1v) is 6.54. The van der Waals surface area contributed by atoms with Gasteiger partial charge in [0, 0.05) is 22.9 Å². The molecule has 0 N–H and O–H groups in total. The van der Waals surface area contributed by atoms with Gasteiger partial charge in [0.05, 0.1) is 6.54 Å². The van der Waals surface area contributed by atoms with E-state index in [1.807, 2.05) is 6.92 Å². The SMILES string of the molecule is CC1CC(=O)N(Cc2ccc(Br)cc2F)C(=O)C1. The van der Waals surface area contributed by atoms with Gasteiger partial charge in [-0.25, -0.2) is 4.39 Å². The third-order valence-corrected chi connectivity index (χ3v) is 3.49. The van der Waals surface area contributed by atoms with Crippen LogP contribution in [0.25, 0.3) is 0 Å². The van der Waals surface area contributed by atoms with E-state index in [4.69, 9.17) is 0 Å². The molecular weight excluding hydrogens is 301 g/mol. The van der Waals surface area contributed by atoms with Crippen molar-refractivity contribution in [3.05, 3.63) is 34.1 Å². The summed E-state index contributed by atoms with van der Waals surface area (Å²) in [7, 11) is 0. The summed E-state index contributed by atoms with van der Waals surface area (Å²) in [6, 6.07) is 4.61. The van der Waals surface area contributed by atoms with Crippen molar-refractivity contribution in [2.75, 3.05) is 0 Å². The Kier molecular flexibility index (Phi) is 3.80. The predicted octanol–water partition coefficient (Wildman–Crippen LogP) is 2.87. The Hall–Kier alpha value is -1.23. The van der Waals surface area contributed by atoms with E-state index in [0.717, 1.165) is 4.90 Å². The van der Waals surface area contributed by atoms with Gasteiger partial charge in [-0.15, -0.1) is 0 Å². The number of hydrogen-bond acceptors (Lipinski definition) is 2. The van der Waals surface area contributed by atoms with Gasteiger partial charge in [0.15, 0.2) is 0 Å². The van der Waals surface area contributed by atoms with Gasteiger partial charge in [0.2, 0.25) is 11.8 Å². The van der Waals surface area contributed by atoms with Gasteiger partial charge in [-0.3, -0.25) is 14.5 Å². The lowest BCUT2D eigenvalue weighted by Crippen LogP contribution is -2.42. The molecule has 0 radical (unpaired) electrons. The first-order valence-electron chi connectivity index (χ1n) is 5.74. The quantitative estimate of drug-likeness (QED) is 0.787. The van der Waals surface area contributed by atoms with Crippen molar-refractivity contribution < 1.29 is 14.0 Å². The van der Waals surface area contributed by atoms with Crippen LogP contribution in [0, 0.1) is 11.7 Å². The lowest BCUT2D eigenvalue weighted by atomic mass is 9.97. The van der Waals surface area contributed by atoms with Crippen LogP contribution in [0.15, 0.2) is 22.7 Å². The molecule has 0 saturated carbocycles. The van der Waals surface area contributed by atoms with Crippen molar-refractivity contribution >= 4 is 27.7 Å². The highest BCUT2D eigenvalue weighted by Gasteiger charge is 2.30. The molecule has 1 heterocycles. The zero-order valence-corrected chi connectivity index (χ0v) is 11.5. The number of rotatable bonds is 2. The van der Waals surface area contributed by atoms with Gasteiger partial charge in [-0.1, -0.05) is 28.9 Å². The number of likely N-dealkylation sites (tertiary alicyclic amines) is 1. The Morgan fingerprint density at radius 3 is 2.50 bits per heavy atom. The molecule has 1 aliphatic heterocycles. The van der Waals surface area contributed by atoms with Crippen LogP contribution in [-0.2, 0) is 16.1 Å². The molecule has 0 unspecified atom stereocenters. The topological polar surface area (TPSA) is 37.4 Å². The highest BCUT2D eigenvalue weighted by atomic mass is 79.9. The highest BCUT2D eigenvalue weighted by Crippen LogP contribution is 2.22. The van der Waals surface area contributed by atoms with Gasteiger partial charge in [-0.05, 0) is 18.1 Å². The van der Waals surface area contributed by atoms with Crippen LogP contribution in [0.1, 0.15) is 25.3 Å². The van der Waals surface area contributed by atoms with Crippen molar-refractivity contribution in [1.82, 2.24) is 4.90 Å². The van der Waals surface area contributed by atoms with Crippen LogP contribution in [0.4, 0.5) is 4.39 Å². The van der Waals surface area contributed by atoms with E-state index >= 15 is 0 Å². The molecule has 3 nitrogen and oxygen atoms in total. The summed E-state index contributed by atoms with van der Waals surface area (Å²) in [6.45, 7) is 1.89. The molecule has 2 amide bonds. The Balaban J connectivity index is 2.18. The lowest BCUT2D eigenvalue weighted by molar-refractivity contribution is -0.150. The van der Waals surface area contributed by atoms with Gasteiger partial charge < -0.3 is 0 Å². The molecule has 1 aliphatic rings. The first-order chi connectivity index (χ1) is 8.47. The molecule has 18 heavy (non-hydrogen) atoms. The fraction of sp³-hybridized carbons (Fsp3) is 0.385. The van der Waals surface area contributed by atoms with Crippen LogP contribution in [-0.4, -0.2) is 16.7 Å². The zero-order chi connectivity index (χ0) is 13.3. The van der Waals surface area contributed by atoms with Crippen LogP contribution in [0.5, 0.6) is 0 Å². The lowest BCUT2D eigenvalue weighted by Gasteiger charge is -2.28. The van der Waals surface area contributed by atoms with E-state index in [-0.39, 0.29) is 24.3 Å². The maximum Gasteiger partial charge on any atom is 0.229 e. The van der Waals surface area contributed by atoms with Crippen LogP contribution < -0.4 is 0 Å². The summed E-state index contributed by atoms with van der Waals surface area (Å²) in [5.41, 5.74) is 0.356. The Morgan fingerprint density at radius 1 is 1.33 bits per heavy atom. The van der Waals surface area contributed by atoms with Crippen molar-refractivity contribution in [3.63, 3.8) is 0 Å². The summed E-state index contributed by atoms with van der Waals surface area (Å²) in [6.07, 6.45) is 0.702. The van der Waals surface area contributed by atoms with Crippen molar-refractivity contribution in [2.24, 2.45) is 5.92 Å². The molecule has 1 aromatic carbocycles. The number of amides is 2. The highest BCUT2D eigenvalue weighted by molar-refractivity contribution is 9.10. The molecule has 1 fully saturated rings. The minimum Gasteiger partial charge on any atom is -0.278 e. The monoisotopic (exact) mass is 313 g/mol. The Morgan fingerprint density at radius 2 is 1.94 bits per heavy atom. The number of nitrogens with zero attached hydrogens (tertiary/aromatic N) is 1. The second-order valence-electron chi connectivity index (χ2n) is 4.62. The summed E-state index contributed by atoms with van der Waals surface area (Å²) in [5, 5.41) is 0. The molecule has 0 aliphatic carbocycles. The minimum atomic E-state index is -0.413. The van der Waals surface area contributed by atoms with Crippen molar-refractivity contribution in [3.8, 4) is 0 Å². The number of carbonyl (C=O) groups is 2. The molecule has 0 aromatic heterocycles. The number of piperidine rings is 1. The predicted molar refractivity (Wildman–Crippen MR) is 68.1 cm³/mol. The average molecular weight is 314 g/mol. The largest absolute Gasteiger partial charge is 0.278 e. The summed E-state index contributed by atoms with van der Waals surface area (Å²) < 4.78 is 14.3. The van der Waals surface area contributed by atoms with Crippen LogP contribution in [0.2, 0.25) is 0 Å². The maximum atomic E-state index is 13.7. The second kappa shape index (κ2) is 5.18. The Bertz CT molecular complexity index is 486. The van der Waals surface area contributed by atoms with Gasteiger partial charge in [0.25, 0.3) is 0 Å². The molecular formula is C13H13BrFNO2. The first kappa shape index (κ1) is 13.2. The standard InChI is InChI=1S/C13H13BrFNO2/c1-8-4-12(17)16(13(18)5-8)7-9-2-3-10(14)6-11(9)15/h2-3,6,8H,4-5,7H2,1H3. The summed E-state index contributed by atoms with van der Waals surface area (Å²) in [5.74, 6) is -0.776. The van der Waals surface area contributed by atoms with E-state index < -0.39 is 5.82 Å². The summed E-state index contributed by atoms with van der Waals surface area (Å²) >= 11 is 3.17. The summed E-state index contributed by atoms with van der Waals surface area (Å²) in [4.78, 5) is 24.7. The number of halogens is 2. The molecule has 5 heteroatoms. The zero-order valence-electron chi connectivity index (χ0n) is 9.95. The molecule has 0 bridgehead atoms. The second-order valence-corrected chi connectivity index (χ2v) is 5.54. The van der Waals surface area contributed by atoms with E-state index in [1.54, 1.807) is 12.1 Å². The normalized spacial score (nSPS) is 17.4. The molecule has 96 valence electrons. The van der Waals surface area contributed by atoms with E-state index in [1.165, 1.54) is 6.07 Å². The van der Waals surface area contributed by atoms with E-state index in [9.17, 15) is 14.0 Å². The average Bonchev–Trinajstić information content (AvgIpc) is 2.25. The number of imide groups is 1. The van der Waals surface area contributed by atoms with Gasteiger partial charge >= 0.3 is 0 Å². The van der Waals surface area contributed by atoms with E-state index in [2.05, 4.69) is 15.9 Å². The van der Waals surface area contributed by atoms with Crippen LogP contribution in [0.3, 0.4) is 0 Å². The fourth-order valence-corrected chi connectivity index (χ4v) is 2.36. The third-order valence-electron chi connectivity index (χ3n) is 2.99. The minimum absolute atomic E-state index is 0.0174. The molecule has 0 spiro atoms.